The van der Waals surface area contributed by atoms with Crippen LogP contribution in [0.5, 0.6) is 0 Å². The zero-order valence-corrected chi connectivity index (χ0v) is 16.4. The third-order valence-electron chi connectivity index (χ3n) is 4.20. The molecule has 0 N–H and O–H groups in total. The van der Waals surface area contributed by atoms with Crippen LogP contribution in [0.15, 0.2) is 41.4 Å². The predicted molar refractivity (Wildman–Crippen MR) is 100 cm³/mol. The van der Waals surface area contributed by atoms with Crippen molar-refractivity contribution in [1.29, 1.82) is 0 Å². The lowest BCUT2D eigenvalue weighted by molar-refractivity contribution is 0.0697. The number of benzene rings is 1. The van der Waals surface area contributed by atoms with Crippen molar-refractivity contribution in [2.24, 2.45) is 0 Å². The van der Waals surface area contributed by atoms with Crippen molar-refractivity contribution in [2.45, 2.75) is 11.8 Å². The molecular formula is C17H17Cl2N3O3S. The molecule has 0 saturated carbocycles. The highest BCUT2D eigenvalue weighted by molar-refractivity contribution is 7.89. The van der Waals surface area contributed by atoms with Gasteiger partial charge in [0.1, 0.15) is 4.90 Å². The van der Waals surface area contributed by atoms with Gasteiger partial charge in [-0.05, 0) is 37.3 Å². The third-order valence-corrected chi connectivity index (χ3v) is 6.81. The first-order valence-electron chi connectivity index (χ1n) is 7.96. The van der Waals surface area contributed by atoms with Crippen molar-refractivity contribution in [3.8, 4) is 0 Å². The van der Waals surface area contributed by atoms with Crippen molar-refractivity contribution in [1.82, 2.24) is 14.2 Å². The lowest BCUT2D eigenvalue weighted by Gasteiger charge is -2.34. The summed E-state index contributed by atoms with van der Waals surface area (Å²) in [7, 11) is -3.77. The summed E-state index contributed by atoms with van der Waals surface area (Å²) in [5, 5.41) is 0.423. The Morgan fingerprint density at radius 1 is 1.08 bits per heavy atom. The van der Waals surface area contributed by atoms with Crippen molar-refractivity contribution in [3.05, 3.63) is 57.8 Å². The zero-order valence-electron chi connectivity index (χ0n) is 14.0. The van der Waals surface area contributed by atoms with E-state index in [1.807, 2.05) is 6.92 Å². The molecule has 3 rings (SSSR count). The van der Waals surface area contributed by atoms with E-state index >= 15 is 0 Å². The maximum absolute atomic E-state index is 12.8. The highest BCUT2D eigenvalue weighted by Gasteiger charge is 2.32. The molecular weight excluding hydrogens is 397 g/mol. The van der Waals surface area contributed by atoms with Gasteiger partial charge in [-0.25, -0.2) is 8.42 Å². The van der Waals surface area contributed by atoms with Gasteiger partial charge in [0.2, 0.25) is 10.0 Å². The Morgan fingerprint density at radius 3 is 2.38 bits per heavy atom. The van der Waals surface area contributed by atoms with Crippen LogP contribution in [0.4, 0.5) is 0 Å². The van der Waals surface area contributed by atoms with E-state index in [1.54, 1.807) is 17.0 Å². The van der Waals surface area contributed by atoms with E-state index in [9.17, 15) is 13.2 Å². The number of rotatable bonds is 3. The molecule has 0 atom stereocenters. The van der Waals surface area contributed by atoms with E-state index in [2.05, 4.69) is 4.98 Å². The molecule has 6 nitrogen and oxygen atoms in total. The smallest absolute Gasteiger partial charge is 0.255 e. The number of piperazine rings is 1. The average molecular weight is 414 g/mol. The quantitative estimate of drug-likeness (QED) is 0.775. The molecule has 0 unspecified atom stereocenters. The van der Waals surface area contributed by atoms with E-state index in [1.165, 1.54) is 28.7 Å². The lowest BCUT2D eigenvalue weighted by Crippen LogP contribution is -2.50. The largest absolute Gasteiger partial charge is 0.336 e. The Morgan fingerprint density at radius 2 is 1.77 bits per heavy atom. The number of aromatic nitrogens is 1. The molecule has 1 fully saturated rings. The molecule has 1 aliphatic heterocycles. The molecule has 0 spiro atoms. The van der Waals surface area contributed by atoms with Gasteiger partial charge in [0.05, 0.1) is 10.6 Å². The van der Waals surface area contributed by atoms with Crippen LogP contribution >= 0.6 is 23.2 Å². The molecule has 2 aromatic rings. The SMILES string of the molecule is Cc1ccc(C(=O)N2CCN(S(=O)(=O)c3cc(Cl)ccc3Cl)CC2)cn1. The fourth-order valence-electron chi connectivity index (χ4n) is 2.72. The number of hydrogen-bond donors (Lipinski definition) is 0. The van der Waals surface area contributed by atoms with E-state index in [4.69, 9.17) is 23.2 Å². The molecule has 138 valence electrons. The monoisotopic (exact) mass is 413 g/mol. The first kappa shape index (κ1) is 19.1. The van der Waals surface area contributed by atoms with Crippen LogP contribution in [0, 0.1) is 6.92 Å². The number of pyridine rings is 1. The van der Waals surface area contributed by atoms with Gasteiger partial charge in [-0.3, -0.25) is 9.78 Å². The molecule has 0 aliphatic carbocycles. The Labute approximate surface area is 162 Å². The minimum absolute atomic E-state index is 0.0193. The van der Waals surface area contributed by atoms with Gasteiger partial charge in [0.15, 0.2) is 0 Å². The van der Waals surface area contributed by atoms with E-state index in [0.717, 1.165) is 5.69 Å². The summed E-state index contributed by atoms with van der Waals surface area (Å²) < 4.78 is 26.9. The van der Waals surface area contributed by atoms with Crippen LogP contribution in [0.2, 0.25) is 10.0 Å². The van der Waals surface area contributed by atoms with Crippen molar-refractivity contribution >= 4 is 39.1 Å². The molecule has 1 aromatic heterocycles. The Kier molecular flexibility index (Phi) is 5.53. The van der Waals surface area contributed by atoms with Crippen LogP contribution < -0.4 is 0 Å². The number of amides is 1. The molecule has 1 aliphatic rings. The predicted octanol–water partition coefficient (Wildman–Crippen LogP) is 2.84. The number of sulfonamides is 1. The molecule has 1 saturated heterocycles. The van der Waals surface area contributed by atoms with Crippen molar-refractivity contribution in [2.75, 3.05) is 26.2 Å². The third kappa shape index (κ3) is 3.86. The van der Waals surface area contributed by atoms with Crippen LogP contribution in [0.1, 0.15) is 16.1 Å². The number of halogens is 2. The van der Waals surface area contributed by atoms with Crippen LogP contribution in [0.25, 0.3) is 0 Å². The second-order valence-electron chi connectivity index (χ2n) is 5.96. The van der Waals surface area contributed by atoms with E-state index in [0.29, 0.717) is 23.7 Å². The Hall–Kier alpha value is -1.67. The summed E-state index contributed by atoms with van der Waals surface area (Å²) in [6.07, 6.45) is 1.53. The average Bonchev–Trinajstić information content (AvgIpc) is 2.64. The van der Waals surface area contributed by atoms with Gasteiger partial charge in [-0.2, -0.15) is 4.31 Å². The van der Waals surface area contributed by atoms with Crippen molar-refractivity contribution < 1.29 is 13.2 Å². The lowest BCUT2D eigenvalue weighted by atomic mass is 10.2. The van der Waals surface area contributed by atoms with E-state index < -0.39 is 10.0 Å². The van der Waals surface area contributed by atoms with Gasteiger partial charge in [0, 0.05) is 43.1 Å². The highest BCUT2D eigenvalue weighted by atomic mass is 35.5. The summed E-state index contributed by atoms with van der Waals surface area (Å²) >= 11 is 11.9. The minimum Gasteiger partial charge on any atom is -0.336 e. The molecule has 0 bridgehead atoms. The van der Waals surface area contributed by atoms with Crippen LogP contribution in [-0.2, 0) is 10.0 Å². The number of hydrogen-bond acceptors (Lipinski definition) is 4. The van der Waals surface area contributed by atoms with E-state index in [-0.39, 0.29) is 28.9 Å². The Bertz CT molecular complexity index is 925. The van der Waals surface area contributed by atoms with Gasteiger partial charge < -0.3 is 4.90 Å². The highest BCUT2D eigenvalue weighted by Crippen LogP contribution is 2.28. The summed E-state index contributed by atoms with van der Waals surface area (Å²) in [5.41, 5.74) is 1.32. The summed E-state index contributed by atoms with van der Waals surface area (Å²) in [4.78, 5) is 18.2. The fraction of sp³-hybridized carbons (Fsp3) is 0.294. The number of aryl methyl sites for hydroxylation is 1. The number of nitrogens with zero attached hydrogens (tertiary/aromatic N) is 3. The first-order valence-corrected chi connectivity index (χ1v) is 10.2. The molecule has 9 heteroatoms. The first-order chi connectivity index (χ1) is 12.3. The molecule has 26 heavy (non-hydrogen) atoms. The number of carbonyl (C=O) groups excluding carboxylic acids is 1. The van der Waals surface area contributed by atoms with Crippen LogP contribution in [0.3, 0.4) is 0 Å². The van der Waals surface area contributed by atoms with Gasteiger partial charge in [0.25, 0.3) is 5.91 Å². The summed E-state index contributed by atoms with van der Waals surface area (Å²) in [6.45, 7) is 2.82. The van der Waals surface area contributed by atoms with Crippen LogP contribution in [-0.4, -0.2) is 54.7 Å². The summed E-state index contributed by atoms with van der Waals surface area (Å²) in [5.74, 6) is -0.157. The zero-order chi connectivity index (χ0) is 18.9. The van der Waals surface area contributed by atoms with Gasteiger partial charge in [-0.15, -0.1) is 0 Å². The molecule has 0 radical (unpaired) electrons. The second-order valence-corrected chi connectivity index (χ2v) is 8.71. The summed E-state index contributed by atoms with van der Waals surface area (Å²) in [6, 6.07) is 7.83. The van der Waals surface area contributed by atoms with Gasteiger partial charge in [-0.1, -0.05) is 23.2 Å². The molecule has 1 aromatic carbocycles. The normalized spacial score (nSPS) is 15.9. The molecule has 1 amide bonds. The topological polar surface area (TPSA) is 70.6 Å². The van der Waals surface area contributed by atoms with Crippen molar-refractivity contribution in [3.63, 3.8) is 0 Å². The fourth-order valence-corrected chi connectivity index (χ4v) is 4.88. The maximum Gasteiger partial charge on any atom is 0.255 e. The Balaban J connectivity index is 1.72. The van der Waals surface area contributed by atoms with Gasteiger partial charge >= 0.3 is 0 Å². The second kappa shape index (κ2) is 7.52. The number of carbonyl (C=O) groups is 1. The maximum atomic E-state index is 12.8. The standard InChI is InChI=1S/C17H17Cl2N3O3S/c1-12-2-3-13(11-20-12)17(23)21-6-8-22(9-7-21)26(24,25)16-10-14(18)4-5-15(16)19/h2-5,10-11H,6-9H2,1H3. The minimum atomic E-state index is -3.77. The molecule has 2 heterocycles.